The molecule has 0 aromatic rings. The van der Waals surface area contributed by atoms with Crippen LogP contribution >= 0.6 is 0 Å². The molecule has 0 aromatic heterocycles. The molecule has 4 saturated carbocycles. The van der Waals surface area contributed by atoms with Gasteiger partial charge in [0.25, 0.3) is 0 Å². The highest BCUT2D eigenvalue weighted by Crippen LogP contribution is 2.55. The molecular weight excluding hydrogens is 250 g/mol. The van der Waals surface area contributed by atoms with Gasteiger partial charge in [-0.2, -0.15) is 0 Å². The Morgan fingerprint density at radius 1 is 0.950 bits per heavy atom. The molecule has 1 atom stereocenters. The van der Waals surface area contributed by atoms with E-state index in [4.69, 9.17) is 0 Å². The van der Waals surface area contributed by atoms with Gasteiger partial charge in [-0.05, 0) is 55.8 Å². The number of piperazine rings is 1. The normalized spacial score (nSPS) is 49.9. The Bertz CT molecular complexity index is 409. The van der Waals surface area contributed by atoms with E-state index in [9.17, 15) is 4.79 Å². The summed E-state index contributed by atoms with van der Waals surface area (Å²) in [6, 6.07) is 1.38. The first kappa shape index (κ1) is 11.8. The van der Waals surface area contributed by atoms with Crippen LogP contribution in [0, 0.1) is 23.7 Å². The van der Waals surface area contributed by atoms with E-state index in [0.29, 0.717) is 18.1 Å². The molecule has 4 heteroatoms. The zero-order valence-corrected chi connectivity index (χ0v) is 12.1. The van der Waals surface area contributed by atoms with Gasteiger partial charge in [0.15, 0.2) is 0 Å². The van der Waals surface area contributed by atoms with E-state index in [0.717, 1.165) is 49.9 Å². The number of nitrogens with zero attached hydrogens (tertiary/aromatic N) is 2. The molecule has 110 valence electrons. The zero-order valence-electron chi connectivity index (χ0n) is 12.1. The minimum Gasteiger partial charge on any atom is -0.319 e. The van der Waals surface area contributed by atoms with Crippen molar-refractivity contribution in [2.75, 3.05) is 26.2 Å². The number of nitrogens with one attached hydrogen (secondary N) is 1. The minimum atomic E-state index is 0.356. The van der Waals surface area contributed by atoms with Gasteiger partial charge in [0, 0.05) is 32.2 Å². The molecule has 2 heterocycles. The fourth-order valence-electron chi connectivity index (χ4n) is 6.30. The summed E-state index contributed by atoms with van der Waals surface area (Å²) in [5, 5.41) is 3.44. The summed E-state index contributed by atoms with van der Waals surface area (Å²) in [7, 11) is 0. The first-order valence-corrected chi connectivity index (χ1v) is 8.57. The van der Waals surface area contributed by atoms with E-state index in [1.165, 1.54) is 32.1 Å². The summed E-state index contributed by atoms with van der Waals surface area (Å²) in [4.78, 5) is 17.2. The molecule has 0 spiro atoms. The quantitative estimate of drug-likeness (QED) is 0.787. The Balaban J connectivity index is 1.41. The predicted molar refractivity (Wildman–Crippen MR) is 76.3 cm³/mol. The van der Waals surface area contributed by atoms with Gasteiger partial charge in [-0.25, -0.2) is 4.79 Å². The SMILES string of the molecule is O=C1N2CCNCC2CN1C1C2CC3CC(C2)CC1C3. The number of hydrogen-bond donors (Lipinski definition) is 1. The lowest BCUT2D eigenvalue weighted by molar-refractivity contribution is -0.0473. The summed E-state index contributed by atoms with van der Waals surface area (Å²) in [6.07, 6.45) is 7.12. The maximum atomic E-state index is 12.8. The van der Waals surface area contributed by atoms with Crippen molar-refractivity contribution in [2.24, 2.45) is 23.7 Å². The molecule has 20 heavy (non-hydrogen) atoms. The van der Waals surface area contributed by atoms with Crippen molar-refractivity contribution in [1.29, 1.82) is 0 Å². The fourth-order valence-corrected chi connectivity index (χ4v) is 6.30. The highest BCUT2D eigenvalue weighted by Gasteiger charge is 2.53. The standard InChI is InChI=1S/C16H25N3O/c20-16-18-2-1-17-8-14(18)9-19(16)15-12-4-10-3-11(6-12)7-13(15)5-10/h10-15,17H,1-9H2. The molecule has 4 aliphatic carbocycles. The Kier molecular flexibility index (Phi) is 2.44. The van der Waals surface area contributed by atoms with Crippen molar-refractivity contribution in [1.82, 2.24) is 15.1 Å². The highest BCUT2D eigenvalue weighted by atomic mass is 16.2. The summed E-state index contributed by atoms with van der Waals surface area (Å²) in [5.74, 6) is 3.64. The smallest absolute Gasteiger partial charge is 0.319 e. The lowest BCUT2D eigenvalue weighted by atomic mass is 9.54. The average Bonchev–Trinajstić information content (AvgIpc) is 2.76. The molecule has 6 fully saturated rings. The molecule has 0 aromatic carbocycles. The predicted octanol–water partition coefficient (Wildman–Crippen LogP) is 1.52. The van der Waals surface area contributed by atoms with Gasteiger partial charge in [0.1, 0.15) is 0 Å². The van der Waals surface area contributed by atoms with Crippen LogP contribution in [0.1, 0.15) is 32.1 Å². The molecule has 1 unspecified atom stereocenters. The molecule has 2 aliphatic heterocycles. The Morgan fingerprint density at radius 2 is 1.65 bits per heavy atom. The van der Waals surface area contributed by atoms with Crippen LogP contribution in [0.5, 0.6) is 0 Å². The summed E-state index contributed by atoms with van der Waals surface area (Å²) in [5.41, 5.74) is 0. The number of urea groups is 1. The fraction of sp³-hybridized carbons (Fsp3) is 0.938. The summed E-state index contributed by atoms with van der Waals surface area (Å²) in [6.45, 7) is 3.86. The van der Waals surface area contributed by atoms with E-state index in [1.807, 2.05) is 0 Å². The third-order valence-corrected chi connectivity index (χ3v) is 6.79. The van der Waals surface area contributed by atoms with Crippen molar-refractivity contribution in [2.45, 2.75) is 44.2 Å². The topological polar surface area (TPSA) is 35.6 Å². The molecule has 4 nitrogen and oxygen atoms in total. The third kappa shape index (κ3) is 1.54. The van der Waals surface area contributed by atoms with Crippen LogP contribution in [0.15, 0.2) is 0 Å². The largest absolute Gasteiger partial charge is 0.320 e. The van der Waals surface area contributed by atoms with E-state index in [2.05, 4.69) is 15.1 Å². The van der Waals surface area contributed by atoms with E-state index >= 15 is 0 Å². The monoisotopic (exact) mass is 275 g/mol. The van der Waals surface area contributed by atoms with Crippen molar-refractivity contribution in [3.63, 3.8) is 0 Å². The number of carbonyl (C=O) groups excluding carboxylic acids is 1. The Morgan fingerprint density at radius 3 is 2.30 bits per heavy atom. The lowest BCUT2D eigenvalue weighted by Crippen LogP contribution is -2.56. The average molecular weight is 275 g/mol. The highest BCUT2D eigenvalue weighted by molar-refractivity contribution is 5.78. The molecule has 2 saturated heterocycles. The van der Waals surface area contributed by atoms with Gasteiger partial charge in [0.05, 0.1) is 6.04 Å². The molecule has 2 amide bonds. The van der Waals surface area contributed by atoms with Crippen molar-refractivity contribution in [3.8, 4) is 0 Å². The number of amides is 2. The van der Waals surface area contributed by atoms with E-state index < -0.39 is 0 Å². The molecule has 6 rings (SSSR count). The first-order valence-electron chi connectivity index (χ1n) is 8.57. The number of fused-ring (bicyclic) bond motifs is 1. The number of rotatable bonds is 1. The van der Waals surface area contributed by atoms with E-state index in [-0.39, 0.29) is 0 Å². The van der Waals surface area contributed by atoms with Gasteiger partial charge in [-0.1, -0.05) is 0 Å². The summed E-state index contributed by atoms with van der Waals surface area (Å²) < 4.78 is 0. The summed E-state index contributed by atoms with van der Waals surface area (Å²) >= 11 is 0. The Hall–Kier alpha value is -0.770. The lowest BCUT2D eigenvalue weighted by Gasteiger charge is -2.56. The second-order valence-corrected chi connectivity index (χ2v) is 7.91. The van der Waals surface area contributed by atoms with Crippen molar-refractivity contribution >= 4 is 6.03 Å². The number of hydrogen-bond acceptors (Lipinski definition) is 2. The zero-order chi connectivity index (χ0) is 13.3. The minimum absolute atomic E-state index is 0.356. The van der Waals surface area contributed by atoms with Crippen LogP contribution in [0.4, 0.5) is 4.79 Å². The third-order valence-electron chi connectivity index (χ3n) is 6.79. The van der Waals surface area contributed by atoms with Crippen LogP contribution in [0.3, 0.4) is 0 Å². The van der Waals surface area contributed by atoms with Crippen LogP contribution in [-0.4, -0.2) is 54.1 Å². The second-order valence-electron chi connectivity index (χ2n) is 7.91. The van der Waals surface area contributed by atoms with Crippen LogP contribution < -0.4 is 5.32 Å². The molecule has 6 aliphatic rings. The molecular formula is C16H25N3O. The van der Waals surface area contributed by atoms with Gasteiger partial charge >= 0.3 is 6.03 Å². The number of carbonyl (C=O) groups is 1. The van der Waals surface area contributed by atoms with Gasteiger partial charge in [-0.15, -0.1) is 0 Å². The Labute approximate surface area is 120 Å². The maximum absolute atomic E-state index is 12.8. The van der Waals surface area contributed by atoms with E-state index in [1.54, 1.807) is 0 Å². The van der Waals surface area contributed by atoms with Gasteiger partial charge in [0.2, 0.25) is 0 Å². The van der Waals surface area contributed by atoms with Gasteiger partial charge in [-0.3, -0.25) is 0 Å². The molecule has 4 bridgehead atoms. The molecule has 0 radical (unpaired) electrons. The van der Waals surface area contributed by atoms with Crippen LogP contribution in [-0.2, 0) is 0 Å². The molecule has 1 N–H and O–H groups in total. The second kappa shape index (κ2) is 4.12. The first-order chi connectivity index (χ1) is 9.79. The maximum Gasteiger partial charge on any atom is 0.320 e. The van der Waals surface area contributed by atoms with Crippen molar-refractivity contribution < 1.29 is 4.79 Å². The van der Waals surface area contributed by atoms with Gasteiger partial charge < -0.3 is 15.1 Å². The van der Waals surface area contributed by atoms with Crippen LogP contribution in [0.25, 0.3) is 0 Å². The van der Waals surface area contributed by atoms with Crippen molar-refractivity contribution in [3.05, 3.63) is 0 Å². The van der Waals surface area contributed by atoms with Crippen LogP contribution in [0.2, 0.25) is 0 Å².